The van der Waals surface area contributed by atoms with Gasteiger partial charge in [-0.1, -0.05) is 50.6 Å². The lowest BCUT2D eigenvalue weighted by atomic mass is 9.76. The van der Waals surface area contributed by atoms with Gasteiger partial charge in [0, 0.05) is 18.3 Å². The summed E-state index contributed by atoms with van der Waals surface area (Å²) >= 11 is 0. The van der Waals surface area contributed by atoms with Gasteiger partial charge >= 0.3 is 0 Å². The van der Waals surface area contributed by atoms with Crippen LogP contribution in [0.3, 0.4) is 0 Å². The summed E-state index contributed by atoms with van der Waals surface area (Å²) in [5.74, 6) is 0.0370. The van der Waals surface area contributed by atoms with Crippen molar-refractivity contribution in [3.8, 4) is 0 Å². The Morgan fingerprint density at radius 2 is 2.10 bits per heavy atom. The van der Waals surface area contributed by atoms with E-state index in [0.717, 1.165) is 6.42 Å². The highest BCUT2D eigenvalue weighted by molar-refractivity contribution is 5.82. The summed E-state index contributed by atoms with van der Waals surface area (Å²) in [7, 11) is 0. The van der Waals surface area contributed by atoms with Crippen molar-refractivity contribution < 1.29 is 4.79 Å². The molecule has 2 rings (SSSR count). The van der Waals surface area contributed by atoms with E-state index in [-0.39, 0.29) is 17.2 Å². The molecule has 1 unspecified atom stereocenters. The molecule has 1 atom stereocenters. The van der Waals surface area contributed by atoms with Crippen molar-refractivity contribution in [2.75, 3.05) is 0 Å². The van der Waals surface area contributed by atoms with Crippen molar-refractivity contribution in [1.29, 1.82) is 0 Å². The van der Waals surface area contributed by atoms with Crippen molar-refractivity contribution >= 4 is 5.91 Å². The van der Waals surface area contributed by atoms with Gasteiger partial charge in [0.05, 0.1) is 0 Å². The maximum Gasteiger partial charge on any atom is 0.235 e. The molecule has 20 heavy (non-hydrogen) atoms. The highest BCUT2D eigenvalue weighted by atomic mass is 16.2. The van der Waals surface area contributed by atoms with Crippen LogP contribution in [0, 0.1) is 18.3 Å². The molecule has 2 aromatic rings. The van der Waals surface area contributed by atoms with Crippen LogP contribution in [0.1, 0.15) is 36.7 Å². The molecule has 0 saturated heterocycles. The topological polar surface area (TPSA) is 34.9 Å². The van der Waals surface area contributed by atoms with Crippen molar-refractivity contribution in [2.24, 2.45) is 11.3 Å². The van der Waals surface area contributed by atoms with E-state index in [2.05, 4.69) is 50.9 Å². The summed E-state index contributed by atoms with van der Waals surface area (Å²) in [5, 5.41) is 0. The number of nitrogens with zero attached hydrogens (tertiary/aromatic N) is 2. The summed E-state index contributed by atoms with van der Waals surface area (Å²) in [4.78, 5) is 16.6. The molecule has 0 amide bonds. The minimum Gasteiger partial charge on any atom is -0.276 e. The average Bonchev–Trinajstić information content (AvgIpc) is 2.87. The molecule has 3 heteroatoms. The zero-order valence-electron chi connectivity index (χ0n) is 12.6. The SMILES string of the molecule is Cc1cccc(CC(C(=O)n2ccnc2)C(C)(C)C)c1. The van der Waals surface area contributed by atoms with E-state index in [0.29, 0.717) is 0 Å². The molecule has 1 aromatic heterocycles. The molecule has 0 aliphatic heterocycles. The van der Waals surface area contributed by atoms with Crippen LogP contribution in [0.5, 0.6) is 0 Å². The molecule has 0 bridgehead atoms. The van der Waals surface area contributed by atoms with Crippen molar-refractivity contribution in [3.63, 3.8) is 0 Å². The molecule has 0 aliphatic rings. The summed E-state index contributed by atoms with van der Waals surface area (Å²) < 4.78 is 1.59. The molecule has 0 saturated carbocycles. The van der Waals surface area contributed by atoms with Gasteiger partial charge in [0.1, 0.15) is 6.33 Å². The Morgan fingerprint density at radius 1 is 1.35 bits per heavy atom. The maximum atomic E-state index is 12.7. The summed E-state index contributed by atoms with van der Waals surface area (Å²) in [6.07, 6.45) is 5.70. The van der Waals surface area contributed by atoms with Crippen LogP contribution in [-0.2, 0) is 6.42 Å². The summed E-state index contributed by atoms with van der Waals surface area (Å²) in [5.41, 5.74) is 2.34. The Morgan fingerprint density at radius 3 is 2.65 bits per heavy atom. The van der Waals surface area contributed by atoms with E-state index in [1.807, 2.05) is 6.07 Å². The Balaban J connectivity index is 2.27. The third-order valence-electron chi connectivity index (χ3n) is 3.62. The number of hydrogen-bond acceptors (Lipinski definition) is 2. The van der Waals surface area contributed by atoms with Crippen LogP contribution in [0.25, 0.3) is 0 Å². The smallest absolute Gasteiger partial charge is 0.235 e. The van der Waals surface area contributed by atoms with Crippen LogP contribution in [-0.4, -0.2) is 15.5 Å². The van der Waals surface area contributed by atoms with Crippen molar-refractivity contribution in [2.45, 2.75) is 34.1 Å². The molecule has 0 aliphatic carbocycles. The van der Waals surface area contributed by atoms with Crippen molar-refractivity contribution in [1.82, 2.24) is 9.55 Å². The Bertz CT molecular complexity index is 579. The fourth-order valence-electron chi connectivity index (χ4n) is 2.41. The van der Waals surface area contributed by atoms with Gasteiger partial charge in [0.15, 0.2) is 0 Å². The van der Waals surface area contributed by atoms with E-state index in [9.17, 15) is 4.79 Å². The number of carbonyl (C=O) groups is 1. The van der Waals surface area contributed by atoms with Crippen molar-refractivity contribution in [3.05, 3.63) is 54.1 Å². The monoisotopic (exact) mass is 270 g/mol. The van der Waals surface area contributed by atoms with E-state index in [1.54, 1.807) is 23.3 Å². The first-order valence-corrected chi connectivity index (χ1v) is 6.95. The number of benzene rings is 1. The highest BCUT2D eigenvalue weighted by Crippen LogP contribution is 2.30. The van der Waals surface area contributed by atoms with Gasteiger partial charge in [0.2, 0.25) is 5.91 Å². The van der Waals surface area contributed by atoms with Crippen LogP contribution >= 0.6 is 0 Å². The van der Waals surface area contributed by atoms with Crippen LogP contribution in [0.2, 0.25) is 0 Å². The largest absolute Gasteiger partial charge is 0.276 e. The van der Waals surface area contributed by atoms with Gasteiger partial charge in [-0.3, -0.25) is 9.36 Å². The Hall–Kier alpha value is -1.90. The van der Waals surface area contributed by atoms with E-state index >= 15 is 0 Å². The molecule has 1 aromatic carbocycles. The Labute approximate surface area is 120 Å². The van der Waals surface area contributed by atoms with Crippen LogP contribution in [0.4, 0.5) is 0 Å². The summed E-state index contributed by atoms with van der Waals surface area (Å²) in [6.45, 7) is 8.42. The first-order chi connectivity index (χ1) is 9.38. The first kappa shape index (κ1) is 14.5. The zero-order valence-corrected chi connectivity index (χ0v) is 12.6. The number of carbonyl (C=O) groups excluding carboxylic acids is 1. The number of rotatable bonds is 3. The van der Waals surface area contributed by atoms with E-state index in [1.165, 1.54) is 11.1 Å². The van der Waals surface area contributed by atoms with Gasteiger partial charge in [-0.05, 0) is 24.3 Å². The quantitative estimate of drug-likeness (QED) is 0.851. The Kier molecular flexibility index (Phi) is 4.07. The van der Waals surface area contributed by atoms with Crippen LogP contribution < -0.4 is 0 Å². The molecule has 1 heterocycles. The van der Waals surface area contributed by atoms with Gasteiger partial charge in [-0.2, -0.15) is 0 Å². The second-order valence-corrected chi connectivity index (χ2v) is 6.42. The van der Waals surface area contributed by atoms with E-state index < -0.39 is 0 Å². The van der Waals surface area contributed by atoms with Gasteiger partial charge in [0.25, 0.3) is 0 Å². The predicted octanol–water partition coefficient (Wildman–Crippen LogP) is 3.74. The third kappa shape index (κ3) is 3.35. The fraction of sp³-hybridized carbons (Fsp3) is 0.412. The fourth-order valence-corrected chi connectivity index (χ4v) is 2.41. The van der Waals surface area contributed by atoms with Crippen LogP contribution in [0.15, 0.2) is 43.0 Å². The molecule has 0 N–H and O–H groups in total. The highest BCUT2D eigenvalue weighted by Gasteiger charge is 2.32. The molecule has 0 spiro atoms. The second kappa shape index (κ2) is 5.61. The lowest BCUT2D eigenvalue weighted by molar-refractivity contribution is 0.0724. The summed E-state index contributed by atoms with van der Waals surface area (Å²) in [6, 6.07) is 8.37. The van der Waals surface area contributed by atoms with Gasteiger partial charge < -0.3 is 0 Å². The molecular weight excluding hydrogens is 248 g/mol. The molecular formula is C17H22N2O. The average molecular weight is 270 g/mol. The lowest BCUT2D eigenvalue weighted by Gasteiger charge is -2.29. The molecule has 106 valence electrons. The number of hydrogen-bond donors (Lipinski definition) is 0. The number of aryl methyl sites for hydroxylation is 1. The lowest BCUT2D eigenvalue weighted by Crippen LogP contribution is -2.33. The number of imidazole rings is 1. The second-order valence-electron chi connectivity index (χ2n) is 6.42. The maximum absolute atomic E-state index is 12.7. The zero-order chi connectivity index (χ0) is 14.8. The normalized spacial score (nSPS) is 13.2. The minimum absolute atomic E-state index is 0.0708. The molecule has 0 fully saturated rings. The minimum atomic E-state index is -0.0922. The van der Waals surface area contributed by atoms with Gasteiger partial charge in [-0.25, -0.2) is 4.98 Å². The number of aromatic nitrogens is 2. The molecule has 3 nitrogen and oxygen atoms in total. The standard InChI is InChI=1S/C17H22N2O/c1-13-6-5-7-14(10-13)11-15(17(2,3)4)16(20)19-9-8-18-12-19/h5-10,12,15H,11H2,1-4H3. The van der Waals surface area contributed by atoms with E-state index in [4.69, 9.17) is 0 Å². The first-order valence-electron chi connectivity index (χ1n) is 6.95. The third-order valence-corrected chi connectivity index (χ3v) is 3.62. The molecule has 0 radical (unpaired) electrons. The van der Waals surface area contributed by atoms with Gasteiger partial charge in [-0.15, -0.1) is 0 Å². The predicted molar refractivity (Wildman–Crippen MR) is 80.7 cm³/mol.